The molecule has 1 amide bonds. The lowest BCUT2D eigenvalue weighted by Crippen LogP contribution is -2.22. The third-order valence-electron chi connectivity index (χ3n) is 3.42. The largest absolute Gasteiger partial charge is 0.277 e. The van der Waals surface area contributed by atoms with Gasteiger partial charge in [-0.25, -0.2) is 0 Å². The van der Waals surface area contributed by atoms with E-state index in [1.54, 1.807) is 4.90 Å². The number of halogens is 1. The molecule has 0 saturated heterocycles. The first-order chi connectivity index (χ1) is 9.11. The molecule has 0 saturated carbocycles. The number of anilines is 1. The molecule has 0 aromatic heterocycles. The summed E-state index contributed by atoms with van der Waals surface area (Å²) in [6, 6.07) is 13.6. The van der Waals surface area contributed by atoms with E-state index < -0.39 is 0 Å². The van der Waals surface area contributed by atoms with Crippen molar-refractivity contribution in [1.29, 1.82) is 0 Å². The minimum atomic E-state index is 0.00528. The van der Waals surface area contributed by atoms with Gasteiger partial charge in [0.15, 0.2) is 0 Å². The normalized spacial score (nSPS) is 13.9. The molecule has 0 N–H and O–H groups in total. The first-order valence-electron chi connectivity index (χ1n) is 5.99. The molecule has 3 rings (SSSR count). The summed E-state index contributed by atoms with van der Waals surface area (Å²) < 4.78 is 1.15. The Morgan fingerprint density at radius 1 is 1.05 bits per heavy atom. The summed E-state index contributed by atoms with van der Waals surface area (Å²) in [6.45, 7) is 6.11. The van der Waals surface area contributed by atoms with Crippen molar-refractivity contribution in [1.82, 2.24) is 0 Å². The maximum absolute atomic E-state index is 12.5. The SMILES string of the molecule is C=C1c2ccccc2C(=O)N1c1cccc(I)c1C. The van der Waals surface area contributed by atoms with Crippen LogP contribution in [0.15, 0.2) is 49.0 Å². The van der Waals surface area contributed by atoms with Gasteiger partial charge in [0.25, 0.3) is 5.91 Å². The summed E-state index contributed by atoms with van der Waals surface area (Å²) in [5.74, 6) is 0.00528. The van der Waals surface area contributed by atoms with Crippen molar-refractivity contribution in [2.75, 3.05) is 4.90 Å². The minimum absolute atomic E-state index is 0.00528. The van der Waals surface area contributed by atoms with E-state index in [-0.39, 0.29) is 5.91 Å². The number of nitrogens with zero attached hydrogens (tertiary/aromatic N) is 1. The fourth-order valence-corrected chi connectivity index (χ4v) is 2.86. The van der Waals surface area contributed by atoms with Crippen LogP contribution in [0, 0.1) is 10.5 Å². The molecule has 0 spiro atoms. The Labute approximate surface area is 125 Å². The number of fused-ring (bicyclic) bond motifs is 1. The van der Waals surface area contributed by atoms with Gasteiger partial charge in [-0.15, -0.1) is 0 Å². The van der Waals surface area contributed by atoms with E-state index in [9.17, 15) is 4.79 Å². The Morgan fingerprint density at radius 3 is 2.42 bits per heavy atom. The van der Waals surface area contributed by atoms with Crippen LogP contribution in [0.25, 0.3) is 5.70 Å². The molecule has 0 radical (unpaired) electrons. The van der Waals surface area contributed by atoms with Gasteiger partial charge >= 0.3 is 0 Å². The standard InChI is InChI=1S/C16H12INO/c1-10-14(17)8-5-9-15(10)18-11(2)12-6-3-4-7-13(12)16(18)19/h3-9H,2H2,1H3. The van der Waals surface area contributed by atoms with Crippen molar-refractivity contribution in [2.45, 2.75) is 6.92 Å². The Bertz CT molecular complexity index is 671. The highest BCUT2D eigenvalue weighted by Crippen LogP contribution is 2.37. The number of benzene rings is 2. The van der Waals surface area contributed by atoms with Crippen molar-refractivity contribution in [2.24, 2.45) is 0 Å². The quantitative estimate of drug-likeness (QED) is 0.696. The summed E-state index contributed by atoms with van der Waals surface area (Å²) in [7, 11) is 0. The molecule has 1 aliphatic rings. The minimum Gasteiger partial charge on any atom is -0.277 e. The number of carbonyl (C=O) groups is 1. The van der Waals surface area contributed by atoms with Crippen molar-refractivity contribution < 1.29 is 4.79 Å². The number of hydrogen-bond donors (Lipinski definition) is 0. The highest BCUT2D eigenvalue weighted by molar-refractivity contribution is 14.1. The Morgan fingerprint density at radius 2 is 1.74 bits per heavy atom. The molecular weight excluding hydrogens is 349 g/mol. The number of rotatable bonds is 1. The van der Waals surface area contributed by atoms with E-state index in [4.69, 9.17) is 0 Å². The molecule has 0 fully saturated rings. The van der Waals surface area contributed by atoms with E-state index in [0.717, 1.165) is 31.6 Å². The maximum atomic E-state index is 12.5. The van der Waals surface area contributed by atoms with Gasteiger partial charge in [-0.3, -0.25) is 9.69 Å². The van der Waals surface area contributed by atoms with E-state index in [1.807, 2.05) is 49.4 Å². The van der Waals surface area contributed by atoms with Gasteiger partial charge in [0.05, 0.1) is 11.4 Å². The van der Waals surface area contributed by atoms with Crippen molar-refractivity contribution in [3.8, 4) is 0 Å². The molecular formula is C16H12INO. The Balaban J connectivity index is 2.17. The summed E-state index contributed by atoms with van der Waals surface area (Å²) in [5.41, 5.74) is 4.42. The molecule has 0 bridgehead atoms. The van der Waals surface area contributed by atoms with Crippen LogP contribution in [-0.2, 0) is 0 Å². The lowest BCUT2D eigenvalue weighted by Gasteiger charge is -2.20. The zero-order valence-corrected chi connectivity index (χ0v) is 12.6. The lowest BCUT2D eigenvalue weighted by molar-refractivity contribution is 0.101. The molecule has 2 nitrogen and oxygen atoms in total. The second-order valence-corrected chi connectivity index (χ2v) is 5.68. The predicted octanol–water partition coefficient (Wildman–Crippen LogP) is 4.23. The predicted molar refractivity (Wildman–Crippen MR) is 86.2 cm³/mol. The summed E-state index contributed by atoms with van der Waals surface area (Å²) >= 11 is 2.28. The van der Waals surface area contributed by atoms with E-state index in [1.165, 1.54) is 0 Å². The first kappa shape index (κ1) is 12.4. The van der Waals surface area contributed by atoms with Crippen LogP contribution in [0.2, 0.25) is 0 Å². The van der Waals surface area contributed by atoms with Gasteiger partial charge in [-0.2, -0.15) is 0 Å². The van der Waals surface area contributed by atoms with E-state index in [2.05, 4.69) is 29.2 Å². The van der Waals surface area contributed by atoms with E-state index >= 15 is 0 Å². The Kier molecular flexibility index (Phi) is 2.93. The van der Waals surface area contributed by atoms with E-state index in [0.29, 0.717) is 0 Å². The topological polar surface area (TPSA) is 20.3 Å². The van der Waals surface area contributed by atoms with Gasteiger partial charge in [0.1, 0.15) is 0 Å². The molecule has 0 unspecified atom stereocenters. The Hall–Kier alpha value is -1.62. The number of carbonyl (C=O) groups excluding carboxylic acids is 1. The van der Waals surface area contributed by atoms with Crippen LogP contribution in [0.5, 0.6) is 0 Å². The van der Waals surface area contributed by atoms with Crippen molar-refractivity contribution in [3.63, 3.8) is 0 Å². The molecule has 3 heteroatoms. The van der Waals surface area contributed by atoms with Gasteiger partial charge in [0.2, 0.25) is 0 Å². The number of hydrogen-bond acceptors (Lipinski definition) is 1. The second kappa shape index (κ2) is 4.49. The zero-order valence-electron chi connectivity index (χ0n) is 10.5. The first-order valence-corrected chi connectivity index (χ1v) is 7.07. The summed E-state index contributed by atoms with van der Waals surface area (Å²) in [5, 5.41) is 0. The second-order valence-electron chi connectivity index (χ2n) is 4.52. The third-order valence-corrected chi connectivity index (χ3v) is 4.59. The highest BCUT2D eigenvalue weighted by Gasteiger charge is 2.32. The van der Waals surface area contributed by atoms with Gasteiger partial charge in [-0.1, -0.05) is 30.8 Å². The van der Waals surface area contributed by atoms with Gasteiger partial charge in [-0.05, 0) is 53.3 Å². The monoisotopic (exact) mass is 361 g/mol. The zero-order chi connectivity index (χ0) is 13.6. The van der Waals surface area contributed by atoms with Crippen LogP contribution >= 0.6 is 22.6 Å². The van der Waals surface area contributed by atoms with Crippen molar-refractivity contribution in [3.05, 3.63) is 69.3 Å². The van der Waals surface area contributed by atoms with Crippen LogP contribution in [0.1, 0.15) is 21.5 Å². The number of amides is 1. The summed E-state index contributed by atoms with van der Waals surface area (Å²) in [6.07, 6.45) is 0. The van der Waals surface area contributed by atoms with Crippen LogP contribution in [0.3, 0.4) is 0 Å². The average Bonchev–Trinajstić information content (AvgIpc) is 2.67. The maximum Gasteiger partial charge on any atom is 0.263 e. The smallest absolute Gasteiger partial charge is 0.263 e. The van der Waals surface area contributed by atoms with Crippen LogP contribution in [-0.4, -0.2) is 5.91 Å². The molecule has 94 valence electrons. The molecule has 1 heterocycles. The fraction of sp³-hybridized carbons (Fsp3) is 0.0625. The molecule has 0 aliphatic carbocycles. The molecule has 0 atom stereocenters. The molecule has 19 heavy (non-hydrogen) atoms. The average molecular weight is 361 g/mol. The third kappa shape index (κ3) is 1.80. The van der Waals surface area contributed by atoms with Crippen molar-refractivity contribution >= 4 is 39.9 Å². The lowest BCUT2D eigenvalue weighted by atomic mass is 10.1. The molecule has 1 aliphatic heterocycles. The van der Waals surface area contributed by atoms with Crippen LogP contribution in [0.4, 0.5) is 5.69 Å². The highest BCUT2D eigenvalue weighted by atomic mass is 127. The molecule has 2 aromatic rings. The van der Waals surface area contributed by atoms with Crippen LogP contribution < -0.4 is 4.90 Å². The van der Waals surface area contributed by atoms with Gasteiger partial charge < -0.3 is 0 Å². The van der Waals surface area contributed by atoms with Gasteiger partial charge in [0, 0.05) is 14.7 Å². The molecule has 2 aromatic carbocycles. The summed E-state index contributed by atoms with van der Waals surface area (Å²) in [4.78, 5) is 14.2. The fourth-order valence-electron chi connectivity index (χ4n) is 2.38.